The number of nitriles is 1. The number of aromatic nitrogens is 3. The summed E-state index contributed by atoms with van der Waals surface area (Å²) in [4.78, 5) is 8.26. The van der Waals surface area contributed by atoms with Crippen LogP contribution in [-0.2, 0) is 4.74 Å². The van der Waals surface area contributed by atoms with Crippen molar-refractivity contribution in [2.45, 2.75) is 24.5 Å². The number of hydrogen-bond donors (Lipinski definition) is 2. The van der Waals surface area contributed by atoms with Crippen LogP contribution in [0.15, 0.2) is 36.7 Å². The van der Waals surface area contributed by atoms with Crippen LogP contribution in [0.25, 0.3) is 5.65 Å². The van der Waals surface area contributed by atoms with Crippen LogP contribution in [0.5, 0.6) is 11.6 Å². The monoisotopic (exact) mass is 398 g/mol. The second-order valence-corrected chi connectivity index (χ2v) is 6.59. The van der Waals surface area contributed by atoms with Crippen molar-refractivity contribution in [2.75, 3.05) is 7.11 Å². The van der Waals surface area contributed by atoms with E-state index in [1.165, 1.54) is 34.9 Å². The largest absolute Gasteiger partial charge is 0.707 e. The molecule has 0 bridgehead atoms. The summed E-state index contributed by atoms with van der Waals surface area (Å²) in [5, 5.41) is 27.7. The SMILES string of the molecule is COC1(C(Oc2cc(OB(O)O)cc3ncc(C#N)n23)c2ccc(F)cn2)CC1. The summed E-state index contributed by atoms with van der Waals surface area (Å²) in [5.41, 5.74) is 0.311. The second-order valence-electron chi connectivity index (χ2n) is 6.59. The first-order valence-electron chi connectivity index (χ1n) is 8.73. The van der Waals surface area contributed by atoms with Crippen molar-refractivity contribution in [1.29, 1.82) is 5.26 Å². The zero-order valence-corrected chi connectivity index (χ0v) is 15.3. The van der Waals surface area contributed by atoms with Gasteiger partial charge in [0.25, 0.3) is 0 Å². The number of halogens is 1. The Morgan fingerprint density at radius 2 is 2.07 bits per heavy atom. The van der Waals surface area contributed by atoms with Crippen LogP contribution in [0.2, 0.25) is 0 Å². The van der Waals surface area contributed by atoms with E-state index in [0.717, 1.165) is 6.20 Å². The van der Waals surface area contributed by atoms with Gasteiger partial charge in [-0.3, -0.25) is 9.38 Å². The summed E-state index contributed by atoms with van der Waals surface area (Å²) < 4.78 is 31.6. The summed E-state index contributed by atoms with van der Waals surface area (Å²) in [6.45, 7) is 0. The molecule has 29 heavy (non-hydrogen) atoms. The van der Waals surface area contributed by atoms with Crippen LogP contribution in [-0.4, -0.2) is 44.4 Å². The van der Waals surface area contributed by atoms with Crippen molar-refractivity contribution in [2.24, 2.45) is 0 Å². The summed E-state index contributed by atoms with van der Waals surface area (Å²) in [5.74, 6) is -0.247. The van der Waals surface area contributed by atoms with Crippen LogP contribution >= 0.6 is 0 Å². The molecule has 0 aromatic carbocycles. The van der Waals surface area contributed by atoms with Crippen molar-refractivity contribution >= 4 is 13.0 Å². The molecule has 1 atom stereocenters. The quantitative estimate of drug-likeness (QED) is 0.573. The van der Waals surface area contributed by atoms with E-state index < -0.39 is 24.8 Å². The highest BCUT2D eigenvalue weighted by molar-refractivity contribution is 6.33. The van der Waals surface area contributed by atoms with Gasteiger partial charge in [0.2, 0.25) is 5.88 Å². The van der Waals surface area contributed by atoms with Gasteiger partial charge in [-0.1, -0.05) is 0 Å². The van der Waals surface area contributed by atoms with E-state index in [-0.39, 0.29) is 17.3 Å². The lowest BCUT2D eigenvalue weighted by atomic mass is 10.1. The minimum atomic E-state index is -2.04. The van der Waals surface area contributed by atoms with Gasteiger partial charge in [-0.15, -0.1) is 0 Å². The highest BCUT2D eigenvalue weighted by Gasteiger charge is 2.53. The molecule has 3 aromatic rings. The average Bonchev–Trinajstić information content (AvgIpc) is 3.38. The maximum Gasteiger partial charge on any atom is 0.707 e. The average molecular weight is 398 g/mol. The number of methoxy groups -OCH3 is 1. The van der Waals surface area contributed by atoms with Crippen LogP contribution < -0.4 is 9.39 Å². The third-order valence-corrected chi connectivity index (χ3v) is 4.79. The number of nitrogens with zero attached hydrogens (tertiary/aromatic N) is 4. The molecule has 4 rings (SSSR count). The maximum absolute atomic E-state index is 13.4. The lowest BCUT2D eigenvalue weighted by Gasteiger charge is -2.27. The van der Waals surface area contributed by atoms with E-state index in [1.54, 1.807) is 7.11 Å². The molecule has 148 valence electrons. The summed E-state index contributed by atoms with van der Waals surface area (Å²) in [7, 11) is -0.485. The lowest BCUT2D eigenvalue weighted by Crippen LogP contribution is -2.29. The van der Waals surface area contributed by atoms with Crippen molar-refractivity contribution in [1.82, 2.24) is 14.4 Å². The molecule has 0 radical (unpaired) electrons. The Hall–Kier alpha value is -3.20. The van der Waals surface area contributed by atoms with E-state index in [4.69, 9.17) is 24.2 Å². The Bertz CT molecular complexity index is 1080. The molecule has 3 aromatic heterocycles. The van der Waals surface area contributed by atoms with Crippen molar-refractivity contribution < 1.29 is 28.6 Å². The molecular formula is C18H16BFN4O5. The predicted octanol–water partition coefficient (Wildman–Crippen LogP) is 1.39. The molecule has 9 nitrogen and oxygen atoms in total. The number of ether oxygens (including phenoxy) is 2. The van der Waals surface area contributed by atoms with Gasteiger partial charge >= 0.3 is 7.32 Å². The fraction of sp³-hybridized carbons (Fsp3) is 0.278. The van der Waals surface area contributed by atoms with E-state index in [2.05, 4.69) is 9.97 Å². The Morgan fingerprint density at radius 1 is 1.28 bits per heavy atom. The predicted molar refractivity (Wildman–Crippen MR) is 97.3 cm³/mol. The van der Waals surface area contributed by atoms with Gasteiger partial charge in [-0.2, -0.15) is 5.26 Å². The highest BCUT2D eigenvalue weighted by atomic mass is 19.1. The number of fused-ring (bicyclic) bond motifs is 1. The van der Waals surface area contributed by atoms with Gasteiger partial charge in [0, 0.05) is 19.2 Å². The zero-order chi connectivity index (χ0) is 20.6. The van der Waals surface area contributed by atoms with Crippen LogP contribution in [0.4, 0.5) is 4.39 Å². The molecule has 11 heteroatoms. The molecular weight excluding hydrogens is 382 g/mol. The normalized spacial score (nSPS) is 15.6. The van der Waals surface area contributed by atoms with Gasteiger partial charge in [0.15, 0.2) is 6.10 Å². The van der Waals surface area contributed by atoms with Crippen LogP contribution in [0.3, 0.4) is 0 Å². The Labute approximate surface area is 165 Å². The minimum absolute atomic E-state index is 0.0747. The van der Waals surface area contributed by atoms with Gasteiger partial charge in [0.05, 0.1) is 18.1 Å². The molecule has 0 spiro atoms. The first-order valence-corrected chi connectivity index (χ1v) is 8.73. The third kappa shape index (κ3) is 3.61. The number of imidazole rings is 1. The van der Waals surface area contributed by atoms with Crippen LogP contribution in [0, 0.1) is 17.1 Å². The number of rotatable bonds is 7. The smallest absolute Gasteiger partial charge is 0.512 e. The maximum atomic E-state index is 13.4. The van der Waals surface area contributed by atoms with Crippen molar-refractivity contribution in [3.05, 3.63) is 53.9 Å². The Morgan fingerprint density at radius 3 is 2.66 bits per heavy atom. The Kier molecular flexibility index (Phi) is 4.83. The fourth-order valence-electron chi connectivity index (χ4n) is 3.21. The van der Waals surface area contributed by atoms with Gasteiger partial charge < -0.3 is 24.2 Å². The summed E-state index contributed by atoms with van der Waals surface area (Å²) in [6, 6.07) is 7.64. The first-order chi connectivity index (χ1) is 14.0. The minimum Gasteiger partial charge on any atom is -0.512 e. The molecule has 1 aliphatic rings. The number of hydrogen-bond acceptors (Lipinski definition) is 8. The van der Waals surface area contributed by atoms with E-state index in [0.29, 0.717) is 24.2 Å². The zero-order valence-electron chi connectivity index (χ0n) is 15.3. The van der Waals surface area contributed by atoms with Gasteiger partial charge in [-0.25, -0.2) is 9.37 Å². The summed E-state index contributed by atoms with van der Waals surface area (Å²) >= 11 is 0. The Balaban J connectivity index is 1.82. The molecule has 0 amide bonds. The van der Waals surface area contributed by atoms with Crippen molar-refractivity contribution in [3.63, 3.8) is 0 Å². The van der Waals surface area contributed by atoms with Crippen LogP contribution in [0.1, 0.15) is 30.3 Å². The van der Waals surface area contributed by atoms with E-state index in [9.17, 15) is 9.65 Å². The molecule has 1 aliphatic carbocycles. The second kappa shape index (κ2) is 7.33. The van der Waals surface area contributed by atoms with Crippen molar-refractivity contribution in [3.8, 4) is 17.7 Å². The third-order valence-electron chi connectivity index (χ3n) is 4.79. The molecule has 0 saturated heterocycles. The molecule has 0 aliphatic heterocycles. The van der Waals surface area contributed by atoms with Gasteiger partial charge in [-0.05, 0) is 25.0 Å². The van der Waals surface area contributed by atoms with E-state index in [1.807, 2.05) is 6.07 Å². The first kappa shape index (κ1) is 19.1. The summed E-state index contributed by atoms with van der Waals surface area (Å²) in [6.07, 6.45) is 3.15. The standard InChI is InChI=1S/C18H16BFN4O5/c1-27-18(4-5-18)17(14-3-2-11(20)9-22-14)28-16-7-13(29-19(25)26)6-15-23-10-12(8-21)24(15)16/h2-3,6-7,9-10,17,25-26H,4-5H2,1H3. The lowest BCUT2D eigenvalue weighted by molar-refractivity contribution is -0.0245. The molecule has 3 heterocycles. The molecule has 2 N–H and O–H groups in total. The number of pyridine rings is 2. The molecule has 1 fully saturated rings. The molecule has 1 saturated carbocycles. The topological polar surface area (TPSA) is 122 Å². The fourth-order valence-corrected chi connectivity index (χ4v) is 3.21. The van der Waals surface area contributed by atoms with Gasteiger partial charge in [0.1, 0.15) is 34.6 Å². The van der Waals surface area contributed by atoms with E-state index >= 15 is 0 Å². The highest BCUT2D eigenvalue weighted by Crippen LogP contribution is 2.50. The molecule has 1 unspecified atom stereocenters.